The summed E-state index contributed by atoms with van der Waals surface area (Å²) >= 11 is 1.49. The lowest BCUT2D eigenvalue weighted by Gasteiger charge is -1.98. The minimum Gasteiger partial charge on any atom is -0.469 e. The Morgan fingerprint density at radius 3 is 2.68 bits per heavy atom. The summed E-state index contributed by atoms with van der Waals surface area (Å²) in [5.41, 5.74) is 0. The van der Waals surface area contributed by atoms with E-state index in [2.05, 4.69) is 4.74 Å². The van der Waals surface area contributed by atoms with Crippen molar-refractivity contribution in [2.75, 3.05) is 13.7 Å². The molecule has 0 aliphatic rings. The minimum atomic E-state index is -0.353. The number of aliphatic hydroxyl groups excluding tert-OH is 1. The molecule has 106 valence electrons. The van der Waals surface area contributed by atoms with Gasteiger partial charge in [-0.3, -0.25) is 9.59 Å². The molecule has 0 saturated heterocycles. The number of aliphatic hydroxyl groups is 1. The van der Waals surface area contributed by atoms with Crippen LogP contribution in [-0.2, 0) is 16.0 Å². The van der Waals surface area contributed by atoms with Crippen molar-refractivity contribution in [1.29, 1.82) is 0 Å². The van der Waals surface area contributed by atoms with Gasteiger partial charge < -0.3 is 9.84 Å². The molecule has 0 bridgehead atoms. The predicted molar refractivity (Wildman–Crippen MR) is 74.5 cm³/mol. The van der Waals surface area contributed by atoms with Gasteiger partial charge >= 0.3 is 5.97 Å². The SMILES string of the molecule is COC(=O)CCC(=O)c1ccc(CCCCCO)s1. The van der Waals surface area contributed by atoms with Gasteiger partial charge in [0, 0.05) is 17.9 Å². The van der Waals surface area contributed by atoms with Gasteiger partial charge in [0.15, 0.2) is 5.78 Å². The van der Waals surface area contributed by atoms with Crippen LogP contribution < -0.4 is 0 Å². The molecule has 0 spiro atoms. The van der Waals surface area contributed by atoms with Crippen LogP contribution in [-0.4, -0.2) is 30.6 Å². The summed E-state index contributed by atoms with van der Waals surface area (Å²) in [5, 5.41) is 8.68. The van der Waals surface area contributed by atoms with Crippen molar-refractivity contribution in [3.63, 3.8) is 0 Å². The maximum Gasteiger partial charge on any atom is 0.305 e. The number of Topliss-reactive ketones (excluding diaryl/α,β-unsaturated/α-hetero) is 1. The Kier molecular flexibility index (Phi) is 7.36. The van der Waals surface area contributed by atoms with Crippen molar-refractivity contribution in [1.82, 2.24) is 0 Å². The smallest absolute Gasteiger partial charge is 0.305 e. The molecule has 1 heterocycles. The Hall–Kier alpha value is -1.20. The number of esters is 1. The summed E-state index contributed by atoms with van der Waals surface area (Å²) in [6.07, 6.45) is 4.14. The number of hydrogen-bond acceptors (Lipinski definition) is 5. The third-order valence-corrected chi connectivity index (χ3v) is 3.99. The summed E-state index contributed by atoms with van der Waals surface area (Å²) < 4.78 is 4.51. The van der Waals surface area contributed by atoms with E-state index in [4.69, 9.17) is 5.11 Å². The van der Waals surface area contributed by atoms with E-state index in [1.54, 1.807) is 0 Å². The highest BCUT2D eigenvalue weighted by Gasteiger charge is 2.11. The third-order valence-electron chi connectivity index (χ3n) is 2.80. The Morgan fingerprint density at radius 2 is 2.00 bits per heavy atom. The molecule has 0 aromatic carbocycles. The molecule has 0 atom stereocenters. The minimum absolute atomic E-state index is 0.00277. The summed E-state index contributed by atoms with van der Waals surface area (Å²) in [7, 11) is 1.32. The summed E-state index contributed by atoms with van der Waals surface area (Å²) in [6.45, 7) is 0.238. The molecule has 0 aliphatic heterocycles. The lowest BCUT2D eigenvalue weighted by Crippen LogP contribution is -2.04. The largest absolute Gasteiger partial charge is 0.469 e. The molecule has 0 aliphatic carbocycles. The zero-order valence-corrected chi connectivity index (χ0v) is 12.0. The first-order chi connectivity index (χ1) is 9.17. The van der Waals surface area contributed by atoms with Crippen molar-refractivity contribution in [2.45, 2.75) is 38.5 Å². The van der Waals surface area contributed by atoms with Crippen LogP contribution in [0.5, 0.6) is 0 Å². The highest BCUT2D eigenvalue weighted by atomic mass is 32.1. The average Bonchev–Trinajstić information content (AvgIpc) is 2.89. The maximum atomic E-state index is 11.8. The molecule has 0 radical (unpaired) electrons. The number of carbonyl (C=O) groups is 2. The lowest BCUT2D eigenvalue weighted by molar-refractivity contribution is -0.140. The number of hydrogen-bond donors (Lipinski definition) is 1. The molecule has 0 saturated carbocycles. The number of unbranched alkanes of at least 4 members (excludes halogenated alkanes) is 2. The highest BCUT2D eigenvalue weighted by molar-refractivity contribution is 7.14. The maximum absolute atomic E-state index is 11.8. The topological polar surface area (TPSA) is 63.6 Å². The Bertz CT molecular complexity index is 411. The highest BCUT2D eigenvalue weighted by Crippen LogP contribution is 2.20. The van der Waals surface area contributed by atoms with E-state index >= 15 is 0 Å². The molecule has 0 unspecified atom stereocenters. The van der Waals surface area contributed by atoms with E-state index in [1.807, 2.05) is 12.1 Å². The second-order valence-electron chi connectivity index (χ2n) is 4.30. The first-order valence-electron chi connectivity index (χ1n) is 6.47. The second-order valence-corrected chi connectivity index (χ2v) is 5.47. The number of rotatable bonds is 9. The van der Waals surface area contributed by atoms with Crippen molar-refractivity contribution in [2.24, 2.45) is 0 Å². The molecular weight excluding hydrogens is 264 g/mol. The van der Waals surface area contributed by atoms with E-state index < -0.39 is 0 Å². The van der Waals surface area contributed by atoms with E-state index in [0.717, 1.165) is 25.7 Å². The van der Waals surface area contributed by atoms with Gasteiger partial charge in [-0.25, -0.2) is 0 Å². The van der Waals surface area contributed by atoms with Crippen LogP contribution in [0.2, 0.25) is 0 Å². The number of aryl methyl sites for hydroxylation is 1. The zero-order valence-electron chi connectivity index (χ0n) is 11.2. The van der Waals surface area contributed by atoms with Gasteiger partial charge in [0.25, 0.3) is 0 Å². The fourth-order valence-electron chi connectivity index (χ4n) is 1.69. The van der Waals surface area contributed by atoms with Crippen LogP contribution in [0.15, 0.2) is 12.1 Å². The van der Waals surface area contributed by atoms with Gasteiger partial charge in [-0.2, -0.15) is 0 Å². The van der Waals surface area contributed by atoms with Crippen molar-refractivity contribution >= 4 is 23.1 Å². The molecule has 0 fully saturated rings. The van der Waals surface area contributed by atoms with Crippen LogP contribution in [0, 0.1) is 0 Å². The van der Waals surface area contributed by atoms with Crippen molar-refractivity contribution in [3.8, 4) is 0 Å². The molecule has 19 heavy (non-hydrogen) atoms. The Morgan fingerprint density at radius 1 is 1.21 bits per heavy atom. The fraction of sp³-hybridized carbons (Fsp3) is 0.571. The quantitative estimate of drug-likeness (QED) is 0.430. The van der Waals surface area contributed by atoms with Gasteiger partial charge in [-0.05, 0) is 31.4 Å². The molecule has 1 aromatic rings. The first-order valence-corrected chi connectivity index (χ1v) is 7.28. The number of ketones is 1. The Labute approximate surface area is 117 Å². The fourth-order valence-corrected chi connectivity index (χ4v) is 2.71. The summed E-state index contributed by atoms with van der Waals surface area (Å²) in [6, 6.07) is 3.79. The molecule has 0 amide bonds. The normalized spacial score (nSPS) is 10.4. The van der Waals surface area contributed by atoms with Gasteiger partial charge in [0.05, 0.1) is 18.4 Å². The monoisotopic (exact) mass is 284 g/mol. The van der Waals surface area contributed by atoms with Gasteiger partial charge in [-0.1, -0.05) is 6.42 Å². The van der Waals surface area contributed by atoms with Crippen LogP contribution in [0.3, 0.4) is 0 Å². The standard InChI is InChI=1S/C14H20O4S/c1-18-14(17)9-7-12(16)13-8-6-11(19-13)5-3-2-4-10-15/h6,8,15H,2-5,7,9-10H2,1H3. The summed E-state index contributed by atoms with van der Waals surface area (Å²) in [5.74, 6) is -0.355. The van der Waals surface area contributed by atoms with Gasteiger partial charge in [-0.15, -0.1) is 11.3 Å². The average molecular weight is 284 g/mol. The molecule has 1 N–H and O–H groups in total. The number of ether oxygens (including phenoxy) is 1. The van der Waals surface area contributed by atoms with Crippen molar-refractivity contribution < 1.29 is 19.4 Å². The molecule has 1 rings (SSSR count). The molecule has 1 aromatic heterocycles. The summed E-state index contributed by atoms with van der Waals surface area (Å²) in [4.78, 5) is 24.7. The molecule has 5 heteroatoms. The van der Waals surface area contributed by atoms with Crippen molar-refractivity contribution in [3.05, 3.63) is 21.9 Å². The van der Waals surface area contributed by atoms with Gasteiger partial charge in [0.1, 0.15) is 0 Å². The Balaban J connectivity index is 2.36. The van der Waals surface area contributed by atoms with Crippen LogP contribution in [0.4, 0.5) is 0 Å². The number of methoxy groups -OCH3 is 1. The van der Waals surface area contributed by atoms with E-state index in [0.29, 0.717) is 4.88 Å². The number of carbonyl (C=O) groups excluding carboxylic acids is 2. The number of thiophene rings is 1. The predicted octanol–water partition coefficient (Wildman–Crippen LogP) is 2.59. The second kappa shape index (κ2) is 8.82. The van der Waals surface area contributed by atoms with Gasteiger partial charge in [0.2, 0.25) is 0 Å². The molecule has 4 nitrogen and oxygen atoms in total. The van der Waals surface area contributed by atoms with Crippen LogP contribution >= 0.6 is 11.3 Å². The van der Waals surface area contributed by atoms with E-state index in [9.17, 15) is 9.59 Å². The van der Waals surface area contributed by atoms with E-state index in [-0.39, 0.29) is 31.2 Å². The first kappa shape index (κ1) is 15.9. The lowest BCUT2D eigenvalue weighted by atomic mass is 10.1. The van der Waals surface area contributed by atoms with E-state index in [1.165, 1.54) is 23.3 Å². The zero-order chi connectivity index (χ0) is 14.1. The van der Waals surface area contributed by atoms with Crippen LogP contribution in [0.25, 0.3) is 0 Å². The van der Waals surface area contributed by atoms with Crippen LogP contribution in [0.1, 0.15) is 46.7 Å². The third kappa shape index (κ3) is 5.98. The molecular formula is C14H20O4S.